The molecule has 2 saturated heterocycles. The molecular formula is C25H26N6O4. The third-order valence-electron chi connectivity index (χ3n) is 6.67. The summed E-state index contributed by atoms with van der Waals surface area (Å²) in [6.45, 7) is 0.779. The maximum Gasteiger partial charge on any atom is 0.319 e. The minimum Gasteiger partial charge on any atom is -0.334 e. The summed E-state index contributed by atoms with van der Waals surface area (Å²) in [6.07, 6.45) is 6.58. The van der Waals surface area contributed by atoms with Crippen LogP contribution in [0.2, 0.25) is 0 Å². The molecule has 3 N–H and O–H groups in total. The van der Waals surface area contributed by atoms with Crippen LogP contribution in [0.3, 0.4) is 0 Å². The van der Waals surface area contributed by atoms with Gasteiger partial charge in [0.1, 0.15) is 6.04 Å². The largest absolute Gasteiger partial charge is 0.334 e. The van der Waals surface area contributed by atoms with E-state index in [9.17, 15) is 19.2 Å². The second-order valence-corrected chi connectivity index (χ2v) is 9.00. The number of hydrogen-bond donors (Lipinski definition) is 3. The van der Waals surface area contributed by atoms with Crippen LogP contribution in [-0.2, 0) is 21.4 Å². The van der Waals surface area contributed by atoms with Gasteiger partial charge in [-0.2, -0.15) is 5.10 Å². The van der Waals surface area contributed by atoms with Crippen LogP contribution in [0.5, 0.6) is 0 Å². The molecule has 5 rings (SSSR count). The second-order valence-electron chi connectivity index (χ2n) is 9.00. The van der Waals surface area contributed by atoms with Crippen molar-refractivity contribution in [2.45, 2.75) is 25.3 Å². The predicted octanol–water partition coefficient (Wildman–Crippen LogP) is 1.73. The minimum absolute atomic E-state index is 0.0339. The van der Waals surface area contributed by atoms with Crippen molar-refractivity contribution >= 4 is 29.4 Å². The monoisotopic (exact) mass is 474 g/mol. The fourth-order valence-electron chi connectivity index (χ4n) is 4.89. The molecule has 35 heavy (non-hydrogen) atoms. The van der Waals surface area contributed by atoms with Crippen molar-refractivity contribution < 1.29 is 19.2 Å². The smallest absolute Gasteiger partial charge is 0.319 e. The predicted molar refractivity (Wildman–Crippen MR) is 128 cm³/mol. The van der Waals surface area contributed by atoms with Gasteiger partial charge in [-0.05, 0) is 31.0 Å². The Morgan fingerprint density at radius 3 is 2.83 bits per heavy atom. The molecule has 2 aromatic rings. The molecule has 10 nitrogen and oxygen atoms in total. The number of rotatable bonds is 5. The van der Waals surface area contributed by atoms with Crippen LogP contribution in [0.25, 0.3) is 11.3 Å². The number of urea groups is 1. The number of allylic oxidation sites excluding steroid dienone is 2. The summed E-state index contributed by atoms with van der Waals surface area (Å²) >= 11 is 0. The summed E-state index contributed by atoms with van der Waals surface area (Å²) in [7, 11) is 1.86. The Balaban J connectivity index is 1.16. The van der Waals surface area contributed by atoms with Crippen molar-refractivity contribution in [1.82, 2.24) is 25.3 Å². The van der Waals surface area contributed by atoms with Gasteiger partial charge in [-0.15, -0.1) is 0 Å². The number of fused-ring (bicyclic) bond motifs is 1. The Kier molecular flexibility index (Phi) is 5.94. The number of likely N-dealkylation sites (tertiary alicyclic amines) is 1. The molecule has 3 aliphatic rings. The van der Waals surface area contributed by atoms with Crippen molar-refractivity contribution in [3.05, 3.63) is 59.8 Å². The molecule has 2 atom stereocenters. The molecule has 10 heteroatoms. The van der Waals surface area contributed by atoms with Gasteiger partial charge in [0.25, 0.3) is 5.91 Å². The zero-order chi connectivity index (χ0) is 24.5. The molecule has 0 radical (unpaired) electrons. The van der Waals surface area contributed by atoms with Gasteiger partial charge in [0.15, 0.2) is 0 Å². The van der Waals surface area contributed by atoms with Crippen LogP contribution < -0.4 is 16.0 Å². The molecule has 5 amide bonds. The Bertz CT molecular complexity index is 1280. The van der Waals surface area contributed by atoms with E-state index in [2.05, 4.69) is 21.0 Å². The lowest BCUT2D eigenvalue weighted by Crippen LogP contribution is -2.53. The molecule has 1 aromatic carbocycles. The summed E-state index contributed by atoms with van der Waals surface area (Å²) < 4.78 is 1.77. The molecule has 0 bridgehead atoms. The number of nitrogens with zero attached hydrogens (tertiary/aromatic N) is 3. The highest BCUT2D eigenvalue weighted by Gasteiger charge is 2.43. The van der Waals surface area contributed by atoms with Gasteiger partial charge in [0, 0.05) is 55.5 Å². The summed E-state index contributed by atoms with van der Waals surface area (Å²) in [4.78, 5) is 50.6. The van der Waals surface area contributed by atoms with Crippen molar-refractivity contribution in [1.29, 1.82) is 0 Å². The first-order valence-corrected chi connectivity index (χ1v) is 11.6. The number of carbonyl (C=O) groups excluding carboxylic acids is 4. The normalized spacial score (nSPS) is 21.7. The van der Waals surface area contributed by atoms with Crippen molar-refractivity contribution in [2.24, 2.45) is 13.0 Å². The fourth-order valence-corrected chi connectivity index (χ4v) is 4.89. The molecule has 0 spiro atoms. The van der Waals surface area contributed by atoms with Crippen molar-refractivity contribution in [3.63, 3.8) is 0 Å². The van der Waals surface area contributed by atoms with Crippen LogP contribution in [0, 0.1) is 5.92 Å². The average molecular weight is 475 g/mol. The number of piperidine rings is 1. The topological polar surface area (TPSA) is 125 Å². The average Bonchev–Trinajstić information content (AvgIpc) is 3.41. The molecular weight excluding hydrogens is 448 g/mol. The lowest BCUT2D eigenvalue weighted by atomic mass is 9.89. The molecule has 180 valence electrons. The van der Waals surface area contributed by atoms with E-state index in [0.717, 1.165) is 16.8 Å². The van der Waals surface area contributed by atoms with E-state index in [-0.39, 0.29) is 30.2 Å². The SMILES string of the molecule is Cn1nccc1-c1cccc(NC(=O)NCC2=CC=C3C(=O)N(C4CCC(=O)NC4=O)CC3C2)c1. The number of imide groups is 1. The third kappa shape index (κ3) is 4.59. The summed E-state index contributed by atoms with van der Waals surface area (Å²) in [5.74, 6) is -0.897. The molecule has 1 aromatic heterocycles. The Labute approximate surface area is 202 Å². The number of hydrogen-bond acceptors (Lipinski definition) is 5. The highest BCUT2D eigenvalue weighted by molar-refractivity contribution is 6.05. The Morgan fingerprint density at radius 2 is 2.06 bits per heavy atom. The number of amides is 5. The van der Waals surface area contributed by atoms with E-state index >= 15 is 0 Å². The standard InChI is InChI=1S/C25H26N6O4/c1-30-20(9-10-27-30)16-3-2-4-18(12-16)28-25(35)26-13-15-5-6-19-17(11-15)14-31(24(19)34)21-7-8-22(32)29-23(21)33/h2-6,9-10,12,17,21H,7-8,11,13-14H2,1H3,(H2,26,28,35)(H,29,32,33). The fraction of sp³-hybridized carbons (Fsp3) is 0.320. The number of aromatic nitrogens is 2. The minimum atomic E-state index is -0.610. The van der Waals surface area contributed by atoms with Crippen LogP contribution in [0.15, 0.2) is 59.8 Å². The summed E-state index contributed by atoms with van der Waals surface area (Å²) in [5, 5.41) is 12.2. The first kappa shape index (κ1) is 22.6. The van der Waals surface area contributed by atoms with E-state index in [0.29, 0.717) is 37.2 Å². The van der Waals surface area contributed by atoms with Crippen LogP contribution in [-0.4, -0.2) is 57.6 Å². The van der Waals surface area contributed by atoms with Gasteiger partial charge in [0.2, 0.25) is 11.8 Å². The number of carbonyl (C=O) groups is 4. The van der Waals surface area contributed by atoms with Gasteiger partial charge in [-0.1, -0.05) is 29.9 Å². The molecule has 1 aliphatic carbocycles. The molecule has 2 unspecified atom stereocenters. The summed E-state index contributed by atoms with van der Waals surface area (Å²) in [6, 6.07) is 8.51. The van der Waals surface area contributed by atoms with Crippen LogP contribution in [0.1, 0.15) is 19.3 Å². The number of benzene rings is 1. The first-order chi connectivity index (χ1) is 16.9. The van der Waals surface area contributed by atoms with Gasteiger partial charge >= 0.3 is 6.03 Å². The van der Waals surface area contributed by atoms with E-state index < -0.39 is 11.9 Å². The van der Waals surface area contributed by atoms with E-state index in [1.54, 1.807) is 21.9 Å². The van der Waals surface area contributed by atoms with Gasteiger partial charge in [-0.25, -0.2) is 4.79 Å². The number of nitrogens with one attached hydrogen (secondary N) is 3. The van der Waals surface area contributed by atoms with Gasteiger partial charge < -0.3 is 15.5 Å². The van der Waals surface area contributed by atoms with Crippen LogP contribution in [0.4, 0.5) is 10.5 Å². The Morgan fingerprint density at radius 1 is 1.20 bits per heavy atom. The highest BCUT2D eigenvalue weighted by atomic mass is 16.2. The van der Waals surface area contributed by atoms with Gasteiger partial charge in [0.05, 0.1) is 5.69 Å². The van der Waals surface area contributed by atoms with E-state index in [1.807, 2.05) is 43.5 Å². The Hall–Kier alpha value is -4.21. The lowest BCUT2D eigenvalue weighted by Gasteiger charge is -2.29. The number of anilines is 1. The van der Waals surface area contributed by atoms with Gasteiger partial charge in [-0.3, -0.25) is 24.4 Å². The third-order valence-corrected chi connectivity index (χ3v) is 6.67. The lowest BCUT2D eigenvalue weighted by molar-refractivity contribution is -0.142. The van der Waals surface area contributed by atoms with Crippen molar-refractivity contribution in [3.8, 4) is 11.3 Å². The zero-order valence-corrected chi connectivity index (χ0v) is 19.3. The molecule has 2 aliphatic heterocycles. The maximum atomic E-state index is 12.9. The molecule has 3 heterocycles. The van der Waals surface area contributed by atoms with Crippen LogP contribution >= 0.6 is 0 Å². The van der Waals surface area contributed by atoms with E-state index in [4.69, 9.17) is 0 Å². The van der Waals surface area contributed by atoms with Crippen molar-refractivity contribution in [2.75, 3.05) is 18.4 Å². The first-order valence-electron chi connectivity index (χ1n) is 11.6. The number of aryl methyl sites for hydroxylation is 1. The quantitative estimate of drug-likeness (QED) is 0.569. The van der Waals surface area contributed by atoms with E-state index in [1.165, 1.54) is 0 Å². The maximum absolute atomic E-state index is 12.9. The molecule has 0 saturated carbocycles. The molecule has 2 fully saturated rings. The second kappa shape index (κ2) is 9.21. The zero-order valence-electron chi connectivity index (χ0n) is 19.3. The summed E-state index contributed by atoms with van der Waals surface area (Å²) in [5.41, 5.74) is 4.23. The highest BCUT2D eigenvalue weighted by Crippen LogP contribution is 2.35.